The summed E-state index contributed by atoms with van der Waals surface area (Å²) in [5, 5.41) is 4.68. The summed E-state index contributed by atoms with van der Waals surface area (Å²) in [4.78, 5) is 0. The first-order valence-electron chi connectivity index (χ1n) is 6.12. The molecule has 3 heteroatoms. The number of para-hydroxylation sites is 1. The second-order valence-electron chi connectivity index (χ2n) is 4.43. The highest BCUT2D eigenvalue weighted by atomic mass is 79.9. The van der Waals surface area contributed by atoms with Gasteiger partial charge in [0.15, 0.2) is 0 Å². The van der Waals surface area contributed by atoms with E-state index >= 15 is 0 Å². The van der Waals surface area contributed by atoms with Crippen LogP contribution in [0.25, 0.3) is 16.9 Å². The topological polar surface area (TPSA) is 17.8 Å². The molecule has 0 fully saturated rings. The van der Waals surface area contributed by atoms with Gasteiger partial charge >= 0.3 is 0 Å². The Morgan fingerprint density at radius 3 is 2.32 bits per heavy atom. The predicted octanol–water partition coefficient (Wildman–Crippen LogP) is 4.61. The Bertz CT molecular complexity index is 685. The van der Waals surface area contributed by atoms with Crippen LogP contribution in [0.1, 0.15) is 5.69 Å². The van der Waals surface area contributed by atoms with E-state index in [1.54, 1.807) is 0 Å². The van der Waals surface area contributed by atoms with Crippen LogP contribution in [0.15, 0.2) is 65.1 Å². The quantitative estimate of drug-likeness (QED) is 0.675. The average molecular weight is 313 g/mol. The van der Waals surface area contributed by atoms with Gasteiger partial charge in [-0.1, -0.05) is 46.3 Å². The number of aromatic nitrogens is 2. The molecule has 0 N–H and O–H groups in total. The summed E-state index contributed by atoms with van der Waals surface area (Å²) in [6.07, 6.45) is 0. The molecule has 3 aromatic rings. The predicted molar refractivity (Wildman–Crippen MR) is 81.4 cm³/mol. The molecule has 0 aliphatic heterocycles. The van der Waals surface area contributed by atoms with Crippen LogP contribution in [0.3, 0.4) is 0 Å². The molecule has 0 saturated carbocycles. The van der Waals surface area contributed by atoms with Gasteiger partial charge in [-0.2, -0.15) is 5.10 Å². The molecule has 1 aromatic heterocycles. The molecule has 0 atom stereocenters. The maximum absolute atomic E-state index is 4.68. The molecule has 2 nitrogen and oxygen atoms in total. The lowest BCUT2D eigenvalue weighted by molar-refractivity contribution is 0.850. The highest BCUT2D eigenvalue weighted by Gasteiger charge is 2.07. The molecule has 19 heavy (non-hydrogen) atoms. The van der Waals surface area contributed by atoms with Crippen molar-refractivity contribution in [1.29, 1.82) is 0 Å². The minimum absolute atomic E-state index is 0.994. The third-order valence-corrected chi connectivity index (χ3v) is 3.56. The molecule has 0 bridgehead atoms. The summed E-state index contributed by atoms with van der Waals surface area (Å²) in [6.45, 7) is 2.07. The number of hydrogen-bond acceptors (Lipinski definition) is 1. The Morgan fingerprint density at radius 2 is 1.63 bits per heavy atom. The van der Waals surface area contributed by atoms with Gasteiger partial charge < -0.3 is 0 Å². The van der Waals surface area contributed by atoms with Crippen LogP contribution >= 0.6 is 15.9 Å². The van der Waals surface area contributed by atoms with E-state index in [2.05, 4.69) is 58.3 Å². The summed E-state index contributed by atoms with van der Waals surface area (Å²) < 4.78 is 3.05. The van der Waals surface area contributed by atoms with Gasteiger partial charge in [-0.3, -0.25) is 0 Å². The largest absolute Gasteiger partial charge is 0.237 e. The fourth-order valence-electron chi connectivity index (χ4n) is 2.07. The van der Waals surface area contributed by atoms with Gasteiger partial charge in [0.25, 0.3) is 0 Å². The smallest absolute Gasteiger partial charge is 0.0930 e. The molecule has 0 unspecified atom stereocenters. The summed E-state index contributed by atoms with van der Waals surface area (Å²) in [5.74, 6) is 0. The molecule has 0 saturated heterocycles. The highest BCUT2D eigenvalue weighted by molar-refractivity contribution is 9.10. The second-order valence-corrected chi connectivity index (χ2v) is 5.34. The van der Waals surface area contributed by atoms with Gasteiger partial charge in [-0.05, 0) is 37.3 Å². The molecule has 2 aromatic carbocycles. The normalized spacial score (nSPS) is 10.6. The van der Waals surface area contributed by atoms with Crippen LogP contribution < -0.4 is 0 Å². The summed E-state index contributed by atoms with van der Waals surface area (Å²) in [5.41, 5.74) is 4.34. The first kappa shape index (κ1) is 12.2. The van der Waals surface area contributed by atoms with Crippen LogP contribution in [-0.4, -0.2) is 9.78 Å². The summed E-state index contributed by atoms with van der Waals surface area (Å²) >= 11 is 3.45. The Kier molecular flexibility index (Phi) is 3.22. The van der Waals surface area contributed by atoms with Gasteiger partial charge in [0.2, 0.25) is 0 Å². The molecule has 3 rings (SSSR count). The van der Waals surface area contributed by atoms with Crippen LogP contribution in [0, 0.1) is 6.92 Å². The van der Waals surface area contributed by atoms with Gasteiger partial charge in [0.05, 0.1) is 11.4 Å². The second kappa shape index (κ2) is 5.02. The first-order chi connectivity index (χ1) is 9.24. The number of rotatable bonds is 2. The zero-order chi connectivity index (χ0) is 13.2. The monoisotopic (exact) mass is 312 g/mol. The summed E-state index contributed by atoms with van der Waals surface area (Å²) in [7, 11) is 0. The van der Waals surface area contributed by atoms with Gasteiger partial charge in [-0.25, -0.2) is 4.68 Å². The van der Waals surface area contributed by atoms with E-state index in [0.29, 0.717) is 0 Å². The van der Waals surface area contributed by atoms with Crippen molar-refractivity contribution >= 4 is 15.9 Å². The minimum atomic E-state index is 0.994. The molecule has 0 spiro atoms. The van der Waals surface area contributed by atoms with Crippen molar-refractivity contribution in [2.45, 2.75) is 6.92 Å². The maximum Gasteiger partial charge on any atom is 0.0930 e. The van der Waals surface area contributed by atoms with E-state index in [0.717, 1.165) is 27.1 Å². The van der Waals surface area contributed by atoms with Crippen molar-refractivity contribution in [3.63, 3.8) is 0 Å². The Balaban J connectivity index is 2.04. The van der Waals surface area contributed by atoms with Crippen LogP contribution in [0.5, 0.6) is 0 Å². The van der Waals surface area contributed by atoms with Crippen molar-refractivity contribution in [1.82, 2.24) is 9.78 Å². The molecule has 0 aliphatic rings. The standard InChI is InChI=1S/C16H13BrN2/c1-12-11-16(13-7-9-14(17)10-8-13)18-19(12)15-5-3-2-4-6-15/h2-11H,1H3. The molecule has 94 valence electrons. The lowest BCUT2D eigenvalue weighted by Crippen LogP contribution is -1.98. The van der Waals surface area contributed by atoms with Gasteiger partial charge in [0, 0.05) is 15.7 Å². The molecule has 0 amide bonds. The zero-order valence-corrected chi connectivity index (χ0v) is 12.1. The van der Waals surface area contributed by atoms with E-state index in [1.807, 2.05) is 35.0 Å². The van der Waals surface area contributed by atoms with E-state index < -0.39 is 0 Å². The lowest BCUT2D eigenvalue weighted by Gasteiger charge is -2.03. The van der Waals surface area contributed by atoms with Crippen LogP contribution in [-0.2, 0) is 0 Å². The third-order valence-electron chi connectivity index (χ3n) is 3.03. The van der Waals surface area contributed by atoms with E-state index in [4.69, 9.17) is 0 Å². The lowest BCUT2D eigenvalue weighted by atomic mass is 10.1. The fraction of sp³-hybridized carbons (Fsp3) is 0.0625. The number of halogens is 1. The Labute approximate surface area is 120 Å². The summed E-state index contributed by atoms with van der Waals surface area (Å²) in [6, 6.07) is 20.5. The molecular formula is C16H13BrN2. The SMILES string of the molecule is Cc1cc(-c2ccc(Br)cc2)nn1-c1ccccc1. The third kappa shape index (κ3) is 2.47. The van der Waals surface area contributed by atoms with Crippen molar-refractivity contribution in [3.8, 4) is 16.9 Å². The molecule has 0 radical (unpaired) electrons. The minimum Gasteiger partial charge on any atom is -0.237 e. The zero-order valence-electron chi connectivity index (χ0n) is 10.5. The van der Waals surface area contributed by atoms with Crippen molar-refractivity contribution in [2.24, 2.45) is 0 Å². The maximum atomic E-state index is 4.68. The van der Waals surface area contributed by atoms with Gasteiger partial charge in [-0.15, -0.1) is 0 Å². The van der Waals surface area contributed by atoms with E-state index in [1.165, 1.54) is 0 Å². The number of hydrogen-bond donors (Lipinski definition) is 0. The first-order valence-corrected chi connectivity index (χ1v) is 6.91. The highest BCUT2D eigenvalue weighted by Crippen LogP contribution is 2.23. The van der Waals surface area contributed by atoms with Crippen molar-refractivity contribution < 1.29 is 0 Å². The van der Waals surface area contributed by atoms with E-state index in [-0.39, 0.29) is 0 Å². The van der Waals surface area contributed by atoms with Crippen molar-refractivity contribution in [3.05, 3.63) is 70.8 Å². The Morgan fingerprint density at radius 1 is 0.947 bits per heavy atom. The average Bonchev–Trinajstić information content (AvgIpc) is 2.83. The number of benzene rings is 2. The van der Waals surface area contributed by atoms with Crippen molar-refractivity contribution in [2.75, 3.05) is 0 Å². The number of nitrogens with zero attached hydrogens (tertiary/aromatic N) is 2. The fourth-order valence-corrected chi connectivity index (χ4v) is 2.33. The van der Waals surface area contributed by atoms with Crippen LogP contribution in [0.2, 0.25) is 0 Å². The molecular weight excluding hydrogens is 300 g/mol. The number of aryl methyl sites for hydroxylation is 1. The van der Waals surface area contributed by atoms with Crippen LogP contribution in [0.4, 0.5) is 0 Å². The van der Waals surface area contributed by atoms with Gasteiger partial charge in [0.1, 0.15) is 0 Å². The Hall–Kier alpha value is -1.87. The molecule has 0 aliphatic carbocycles. The van der Waals surface area contributed by atoms with E-state index in [9.17, 15) is 0 Å². The molecule has 1 heterocycles.